The van der Waals surface area contributed by atoms with E-state index in [0.717, 1.165) is 5.56 Å². The molecule has 1 aromatic rings. The second kappa shape index (κ2) is 10.0. The number of halogens is 2. The average molecular weight is 307 g/mol. The van der Waals surface area contributed by atoms with Crippen molar-refractivity contribution >= 4 is 29.9 Å². The zero-order valence-electron chi connectivity index (χ0n) is 11.2. The molecule has 0 aliphatic rings. The van der Waals surface area contributed by atoms with Crippen LogP contribution in [0.25, 0.3) is 0 Å². The summed E-state index contributed by atoms with van der Waals surface area (Å²) in [5, 5.41) is 3.71. The molecule has 6 heteroatoms. The van der Waals surface area contributed by atoms with Gasteiger partial charge in [-0.2, -0.15) is 0 Å². The Balaban J connectivity index is 0.00000324. The molecule has 1 aromatic carbocycles. The molecule has 0 spiro atoms. The predicted octanol–water partition coefficient (Wildman–Crippen LogP) is 1.96. The summed E-state index contributed by atoms with van der Waals surface area (Å²) < 4.78 is 4.89. The summed E-state index contributed by atoms with van der Waals surface area (Å²) in [6, 6.07) is 7.52. The van der Waals surface area contributed by atoms with Crippen LogP contribution in [0.5, 0.6) is 0 Å². The number of ether oxygens (including phenoxy) is 1. The van der Waals surface area contributed by atoms with Crippen LogP contribution in [0.15, 0.2) is 24.3 Å². The second-order valence-corrected chi connectivity index (χ2v) is 4.49. The highest BCUT2D eigenvalue weighted by atomic mass is 35.5. The molecule has 0 saturated carbocycles. The van der Waals surface area contributed by atoms with Crippen LogP contribution in [0, 0.1) is 0 Å². The van der Waals surface area contributed by atoms with Crippen LogP contribution < -0.4 is 5.32 Å². The van der Waals surface area contributed by atoms with E-state index in [1.54, 1.807) is 19.1 Å². The fraction of sp³-hybridized carbons (Fsp3) is 0.462. The highest BCUT2D eigenvalue weighted by Gasteiger charge is 2.08. The molecular weight excluding hydrogens is 287 g/mol. The van der Waals surface area contributed by atoms with E-state index in [1.807, 2.05) is 24.3 Å². The zero-order chi connectivity index (χ0) is 13.4. The maximum absolute atomic E-state index is 11.8. The van der Waals surface area contributed by atoms with Crippen molar-refractivity contribution in [3.8, 4) is 0 Å². The minimum Gasteiger partial charge on any atom is -0.383 e. The van der Waals surface area contributed by atoms with Crippen LogP contribution in [0.4, 0.5) is 0 Å². The van der Waals surface area contributed by atoms with Crippen molar-refractivity contribution in [1.29, 1.82) is 0 Å². The maximum atomic E-state index is 11.8. The Morgan fingerprint density at radius 3 is 2.84 bits per heavy atom. The Kier molecular flexibility index (Phi) is 9.61. The predicted molar refractivity (Wildman–Crippen MR) is 79.9 cm³/mol. The number of benzene rings is 1. The van der Waals surface area contributed by atoms with E-state index in [4.69, 9.17) is 16.3 Å². The van der Waals surface area contributed by atoms with Crippen molar-refractivity contribution in [3.05, 3.63) is 34.9 Å². The van der Waals surface area contributed by atoms with Crippen LogP contribution in [-0.4, -0.2) is 44.7 Å². The number of methoxy groups -OCH3 is 1. The van der Waals surface area contributed by atoms with E-state index >= 15 is 0 Å². The number of nitrogens with one attached hydrogen (secondary N) is 1. The highest BCUT2D eigenvalue weighted by molar-refractivity contribution is 6.30. The molecule has 19 heavy (non-hydrogen) atoms. The second-order valence-electron chi connectivity index (χ2n) is 4.05. The van der Waals surface area contributed by atoms with E-state index in [1.165, 1.54) is 0 Å². The molecule has 4 nitrogen and oxygen atoms in total. The molecule has 0 aliphatic carbocycles. The highest BCUT2D eigenvalue weighted by Crippen LogP contribution is 2.11. The van der Waals surface area contributed by atoms with Crippen LogP contribution >= 0.6 is 24.0 Å². The minimum atomic E-state index is 0. The van der Waals surface area contributed by atoms with Gasteiger partial charge in [0.05, 0.1) is 13.2 Å². The Morgan fingerprint density at radius 1 is 1.47 bits per heavy atom. The Bertz CT molecular complexity index is 389. The van der Waals surface area contributed by atoms with Gasteiger partial charge < -0.3 is 15.0 Å². The number of likely N-dealkylation sites (N-methyl/N-ethyl adjacent to an activating group) is 1. The fourth-order valence-electron chi connectivity index (χ4n) is 1.50. The summed E-state index contributed by atoms with van der Waals surface area (Å²) in [5.41, 5.74) is 1.02. The third-order valence-electron chi connectivity index (χ3n) is 2.49. The van der Waals surface area contributed by atoms with Gasteiger partial charge in [-0.05, 0) is 17.7 Å². The van der Waals surface area contributed by atoms with Gasteiger partial charge in [0, 0.05) is 32.3 Å². The van der Waals surface area contributed by atoms with Gasteiger partial charge in [0.2, 0.25) is 5.91 Å². The molecule has 1 N–H and O–H groups in total. The molecule has 0 fully saturated rings. The lowest BCUT2D eigenvalue weighted by molar-refractivity contribution is -0.129. The third-order valence-corrected chi connectivity index (χ3v) is 2.73. The Labute approximate surface area is 125 Å². The van der Waals surface area contributed by atoms with Gasteiger partial charge in [0.25, 0.3) is 0 Å². The molecule has 0 aromatic heterocycles. The first kappa shape index (κ1) is 18.2. The lowest BCUT2D eigenvalue weighted by atomic mass is 10.2. The van der Waals surface area contributed by atoms with Crippen molar-refractivity contribution in [2.24, 2.45) is 0 Å². The first-order valence-electron chi connectivity index (χ1n) is 5.81. The summed E-state index contributed by atoms with van der Waals surface area (Å²) in [4.78, 5) is 13.5. The quantitative estimate of drug-likeness (QED) is 0.783. The molecule has 0 atom stereocenters. The summed E-state index contributed by atoms with van der Waals surface area (Å²) in [6.45, 7) is 2.16. The van der Waals surface area contributed by atoms with Gasteiger partial charge in [-0.15, -0.1) is 12.4 Å². The van der Waals surface area contributed by atoms with E-state index in [-0.39, 0.29) is 18.3 Å². The summed E-state index contributed by atoms with van der Waals surface area (Å²) in [7, 11) is 3.41. The van der Waals surface area contributed by atoms with Gasteiger partial charge in [0.1, 0.15) is 0 Å². The van der Waals surface area contributed by atoms with Gasteiger partial charge in [0.15, 0.2) is 0 Å². The molecule has 1 rings (SSSR count). The maximum Gasteiger partial charge on any atom is 0.236 e. The first-order valence-corrected chi connectivity index (χ1v) is 6.19. The minimum absolute atomic E-state index is 0. The topological polar surface area (TPSA) is 41.6 Å². The van der Waals surface area contributed by atoms with Crippen molar-refractivity contribution < 1.29 is 9.53 Å². The number of hydrogen-bond acceptors (Lipinski definition) is 3. The number of hydrogen-bond donors (Lipinski definition) is 1. The summed E-state index contributed by atoms with van der Waals surface area (Å²) >= 11 is 5.90. The van der Waals surface area contributed by atoms with Crippen LogP contribution in [0.1, 0.15) is 5.56 Å². The monoisotopic (exact) mass is 306 g/mol. The smallest absolute Gasteiger partial charge is 0.236 e. The molecule has 0 radical (unpaired) electrons. The summed E-state index contributed by atoms with van der Waals surface area (Å²) in [6.07, 6.45) is 0. The Morgan fingerprint density at radius 2 is 2.21 bits per heavy atom. The van der Waals surface area contributed by atoms with Gasteiger partial charge in [-0.3, -0.25) is 4.79 Å². The van der Waals surface area contributed by atoms with Gasteiger partial charge >= 0.3 is 0 Å². The van der Waals surface area contributed by atoms with E-state index in [9.17, 15) is 4.79 Å². The number of amides is 1. The normalized spacial score (nSPS) is 9.84. The number of carbonyl (C=O) groups is 1. The van der Waals surface area contributed by atoms with Crippen LogP contribution in [0.2, 0.25) is 5.02 Å². The van der Waals surface area contributed by atoms with Crippen LogP contribution in [-0.2, 0) is 16.1 Å². The molecule has 0 heterocycles. The van der Waals surface area contributed by atoms with Crippen molar-refractivity contribution in [2.75, 3.05) is 33.9 Å². The van der Waals surface area contributed by atoms with Crippen molar-refractivity contribution in [2.45, 2.75) is 6.54 Å². The molecule has 0 bridgehead atoms. The molecule has 0 aliphatic heterocycles. The average Bonchev–Trinajstić information content (AvgIpc) is 2.34. The summed E-state index contributed by atoms with van der Waals surface area (Å²) in [5.74, 6) is 0.0473. The van der Waals surface area contributed by atoms with Gasteiger partial charge in [-0.25, -0.2) is 0 Å². The van der Waals surface area contributed by atoms with Crippen molar-refractivity contribution in [3.63, 3.8) is 0 Å². The largest absolute Gasteiger partial charge is 0.383 e. The molecule has 1 amide bonds. The van der Waals surface area contributed by atoms with E-state index in [0.29, 0.717) is 31.3 Å². The van der Waals surface area contributed by atoms with Crippen LogP contribution in [0.3, 0.4) is 0 Å². The molecule has 108 valence electrons. The molecule has 0 unspecified atom stereocenters. The number of rotatable bonds is 7. The SMILES string of the molecule is COCCNCC(=O)N(C)Cc1cccc(Cl)c1.Cl. The zero-order valence-corrected chi connectivity index (χ0v) is 12.8. The lowest BCUT2D eigenvalue weighted by Crippen LogP contribution is -2.36. The Hall–Kier alpha value is -0.810. The van der Waals surface area contributed by atoms with E-state index in [2.05, 4.69) is 5.32 Å². The van der Waals surface area contributed by atoms with E-state index < -0.39 is 0 Å². The van der Waals surface area contributed by atoms with Gasteiger partial charge in [-0.1, -0.05) is 23.7 Å². The third kappa shape index (κ3) is 7.38. The standard InChI is InChI=1S/C13H19ClN2O2.ClH/c1-16(13(17)9-15-6-7-18-2)10-11-4-3-5-12(14)8-11;/h3-5,8,15H,6-7,9-10H2,1-2H3;1H. The molecular formula is C13H20Cl2N2O2. The van der Waals surface area contributed by atoms with Crippen molar-refractivity contribution in [1.82, 2.24) is 10.2 Å². The lowest BCUT2D eigenvalue weighted by Gasteiger charge is -2.17. The molecule has 0 saturated heterocycles. The fourth-order valence-corrected chi connectivity index (χ4v) is 1.71. The first-order chi connectivity index (χ1) is 8.63. The number of nitrogens with zero attached hydrogens (tertiary/aromatic N) is 1. The number of carbonyl (C=O) groups excluding carboxylic acids is 1.